The summed E-state index contributed by atoms with van der Waals surface area (Å²) in [5.74, 6) is 0.230. The zero-order valence-electron chi connectivity index (χ0n) is 14.5. The molecule has 1 heterocycles. The number of anilines is 1. The molecule has 6 heteroatoms. The first-order valence-electron chi connectivity index (χ1n) is 8.39. The minimum Gasteiger partial charge on any atom is -0.495 e. The Bertz CT molecular complexity index is 797. The van der Waals surface area contributed by atoms with Gasteiger partial charge < -0.3 is 14.5 Å². The lowest BCUT2D eigenvalue weighted by Gasteiger charge is -2.36. The van der Waals surface area contributed by atoms with E-state index in [9.17, 15) is 9.18 Å². The Kier molecular flexibility index (Phi) is 5.78. The minimum absolute atomic E-state index is 0.149. The van der Waals surface area contributed by atoms with Crippen LogP contribution in [0.3, 0.4) is 0 Å². The summed E-state index contributed by atoms with van der Waals surface area (Å²) in [6.45, 7) is 2.60. The largest absolute Gasteiger partial charge is 0.495 e. The van der Waals surface area contributed by atoms with Gasteiger partial charge in [-0.1, -0.05) is 29.8 Å². The zero-order chi connectivity index (χ0) is 18.5. The van der Waals surface area contributed by atoms with Crippen molar-refractivity contribution in [2.24, 2.45) is 0 Å². The predicted octanol–water partition coefficient (Wildman–Crippen LogP) is 3.85. The van der Waals surface area contributed by atoms with E-state index in [1.165, 1.54) is 24.3 Å². The number of rotatable bonds is 4. The van der Waals surface area contributed by atoms with Crippen LogP contribution in [0.15, 0.2) is 48.5 Å². The van der Waals surface area contributed by atoms with Crippen LogP contribution in [-0.2, 0) is 4.79 Å². The highest BCUT2D eigenvalue weighted by Gasteiger charge is 2.21. The molecule has 1 amide bonds. The molecule has 1 fully saturated rings. The van der Waals surface area contributed by atoms with E-state index in [4.69, 9.17) is 16.3 Å². The van der Waals surface area contributed by atoms with Gasteiger partial charge in [0.2, 0.25) is 5.91 Å². The van der Waals surface area contributed by atoms with E-state index < -0.39 is 5.82 Å². The summed E-state index contributed by atoms with van der Waals surface area (Å²) >= 11 is 5.98. The van der Waals surface area contributed by atoms with Crippen molar-refractivity contribution in [3.63, 3.8) is 0 Å². The summed E-state index contributed by atoms with van der Waals surface area (Å²) in [6.07, 6.45) is 2.82. The molecule has 0 saturated carbocycles. The van der Waals surface area contributed by atoms with E-state index >= 15 is 0 Å². The molecule has 136 valence electrons. The number of nitrogens with zero attached hydrogens (tertiary/aromatic N) is 2. The van der Waals surface area contributed by atoms with E-state index in [2.05, 4.69) is 4.90 Å². The maximum absolute atomic E-state index is 13.8. The van der Waals surface area contributed by atoms with E-state index in [1.54, 1.807) is 18.1 Å². The molecular formula is C20H20ClFN2O2. The summed E-state index contributed by atoms with van der Waals surface area (Å²) in [6, 6.07) is 12.3. The Labute approximate surface area is 157 Å². The molecule has 2 aromatic rings. The molecule has 0 spiro atoms. The molecule has 0 radical (unpaired) electrons. The number of carbonyl (C=O) groups excluding carboxylic acids is 1. The molecule has 3 rings (SSSR count). The molecule has 0 atom stereocenters. The first-order chi connectivity index (χ1) is 12.6. The van der Waals surface area contributed by atoms with Gasteiger partial charge in [0, 0.05) is 37.8 Å². The second kappa shape index (κ2) is 8.23. The number of hydrogen-bond donors (Lipinski definition) is 0. The van der Waals surface area contributed by atoms with Crippen LogP contribution in [0.1, 0.15) is 5.56 Å². The van der Waals surface area contributed by atoms with Crippen molar-refractivity contribution in [2.75, 3.05) is 38.2 Å². The highest BCUT2D eigenvalue weighted by molar-refractivity contribution is 6.32. The van der Waals surface area contributed by atoms with E-state index in [0.29, 0.717) is 26.2 Å². The van der Waals surface area contributed by atoms with Crippen molar-refractivity contribution in [1.29, 1.82) is 0 Å². The molecule has 26 heavy (non-hydrogen) atoms. The standard InChI is InChI=1S/C20H20ClFN2O2/c1-26-19-8-3-2-7-18(19)23-11-13-24(14-12-23)20(25)10-9-15-16(21)5-4-6-17(15)22/h2-10H,11-14H2,1H3. The molecule has 1 saturated heterocycles. The second-order valence-electron chi connectivity index (χ2n) is 5.95. The molecule has 0 bridgehead atoms. The number of methoxy groups -OCH3 is 1. The zero-order valence-corrected chi connectivity index (χ0v) is 15.2. The van der Waals surface area contributed by atoms with Crippen molar-refractivity contribution in [3.8, 4) is 5.75 Å². The predicted molar refractivity (Wildman–Crippen MR) is 102 cm³/mol. The summed E-state index contributed by atoms with van der Waals surface area (Å²) in [7, 11) is 1.65. The smallest absolute Gasteiger partial charge is 0.246 e. The Morgan fingerprint density at radius 2 is 1.85 bits per heavy atom. The highest BCUT2D eigenvalue weighted by Crippen LogP contribution is 2.28. The number of carbonyl (C=O) groups is 1. The van der Waals surface area contributed by atoms with Gasteiger partial charge in [0.15, 0.2) is 0 Å². The molecule has 0 aliphatic carbocycles. The molecule has 1 aliphatic heterocycles. The summed E-state index contributed by atoms with van der Waals surface area (Å²) in [5.41, 5.74) is 1.26. The van der Waals surface area contributed by atoms with Crippen LogP contribution in [0.4, 0.5) is 10.1 Å². The molecule has 2 aromatic carbocycles. The average molecular weight is 375 g/mol. The fraction of sp³-hybridized carbons (Fsp3) is 0.250. The highest BCUT2D eigenvalue weighted by atomic mass is 35.5. The van der Waals surface area contributed by atoms with Crippen molar-refractivity contribution in [3.05, 3.63) is 64.9 Å². The van der Waals surface area contributed by atoms with Gasteiger partial charge in [-0.3, -0.25) is 4.79 Å². The summed E-state index contributed by atoms with van der Waals surface area (Å²) in [4.78, 5) is 16.3. The number of benzene rings is 2. The Balaban J connectivity index is 1.63. The number of para-hydroxylation sites is 2. The summed E-state index contributed by atoms with van der Waals surface area (Å²) in [5, 5.41) is 0.287. The fourth-order valence-corrected chi connectivity index (χ4v) is 3.21. The molecular weight excluding hydrogens is 355 g/mol. The van der Waals surface area contributed by atoms with Crippen molar-refractivity contribution >= 4 is 29.3 Å². The SMILES string of the molecule is COc1ccccc1N1CCN(C(=O)C=Cc2c(F)cccc2Cl)CC1. The average Bonchev–Trinajstić information content (AvgIpc) is 2.67. The van der Waals surface area contributed by atoms with E-state index in [-0.39, 0.29) is 16.5 Å². The maximum Gasteiger partial charge on any atom is 0.246 e. The Morgan fingerprint density at radius 1 is 1.12 bits per heavy atom. The third-order valence-electron chi connectivity index (χ3n) is 4.41. The van der Waals surface area contributed by atoms with Crippen LogP contribution in [0.5, 0.6) is 5.75 Å². The van der Waals surface area contributed by atoms with Gasteiger partial charge in [-0.15, -0.1) is 0 Å². The molecule has 1 aliphatic rings. The molecule has 0 aromatic heterocycles. The van der Waals surface area contributed by atoms with Gasteiger partial charge in [0.25, 0.3) is 0 Å². The minimum atomic E-state index is -0.442. The van der Waals surface area contributed by atoms with Crippen molar-refractivity contribution in [2.45, 2.75) is 0 Å². The van der Waals surface area contributed by atoms with Gasteiger partial charge in [-0.25, -0.2) is 4.39 Å². The number of halogens is 2. The first kappa shape index (κ1) is 18.3. The Morgan fingerprint density at radius 3 is 2.54 bits per heavy atom. The van der Waals surface area contributed by atoms with Gasteiger partial charge in [0.05, 0.1) is 17.8 Å². The Hall–Kier alpha value is -2.53. The van der Waals surface area contributed by atoms with Crippen LogP contribution in [0.25, 0.3) is 6.08 Å². The van der Waals surface area contributed by atoms with Crippen LogP contribution < -0.4 is 9.64 Å². The van der Waals surface area contributed by atoms with Crippen molar-refractivity contribution < 1.29 is 13.9 Å². The molecule has 0 unspecified atom stereocenters. The monoisotopic (exact) mass is 374 g/mol. The topological polar surface area (TPSA) is 32.8 Å². The summed E-state index contributed by atoms with van der Waals surface area (Å²) < 4.78 is 19.2. The second-order valence-corrected chi connectivity index (χ2v) is 6.36. The van der Waals surface area contributed by atoms with E-state index in [0.717, 1.165) is 11.4 Å². The third kappa shape index (κ3) is 3.99. The van der Waals surface area contributed by atoms with Gasteiger partial charge in [-0.05, 0) is 30.3 Å². The maximum atomic E-state index is 13.8. The lowest BCUT2D eigenvalue weighted by molar-refractivity contribution is -0.126. The third-order valence-corrected chi connectivity index (χ3v) is 4.74. The molecule has 0 N–H and O–H groups in total. The lowest BCUT2D eigenvalue weighted by atomic mass is 10.2. The van der Waals surface area contributed by atoms with Crippen LogP contribution in [-0.4, -0.2) is 44.1 Å². The van der Waals surface area contributed by atoms with Gasteiger partial charge in [-0.2, -0.15) is 0 Å². The van der Waals surface area contributed by atoms with Crippen molar-refractivity contribution in [1.82, 2.24) is 4.90 Å². The normalized spacial score (nSPS) is 14.7. The first-order valence-corrected chi connectivity index (χ1v) is 8.77. The number of piperazine rings is 1. The number of ether oxygens (including phenoxy) is 1. The number of amides is 1. The van der Waals surface area contributed by atoms with Crippen LogP contribution >= 0.6 is 11.6 Å². The fourth-order valence-electron chi connectivity index (χ4n) is 2.99. The van der Waals surface area contributed by atoms with Crippen LogP contribution in [0.2, 0.25) is 5.02 Å². The lowest BCUT2D eigenvalue weighted by Crippen LogP contribution is -2.48. The van der Waals surface area contributed by atoms with E-state index in [1.807, 2.05) is 24.3 Å². The van der Waals surface area contributed by atoms with Gasteiger partial charge >= 0.3 is 0 Å². The number of hydrogen-bond acceptors (Lipinski definition) is 3. The van der Waals surface area contributed by atoms with Crippen LogP contribution in [0, 0.1) is 5.82 Å². The quantitative estimate of drug-likeness (QED) is 0.762. The van der Waals surface area contributed by atoms with Gasteiger partial charge in [0.1, 0.15) is 11.6 Å². The molecule has 4 nitrogen and oxygen atoms in total.